The van der Waals surface area contributed by atoms with Crippen LogP contribution in [-0.2, 0) is 14.8 Å². The Morgan fingerprint density at radius 2 is 2.08 bits per heavy atom. The number of anilines is 1. The van der Waals surface area contributed by atoms with Gasteiger partial charge in [-0.3, -0.25) is 10.1 Å². The first-order valence-electron chi connectivity index (χ1n) is 7.92. The minimum Gasteiger partial charge on any atom is -0.444 e. The van der Waals surface area contributed by atoms with E-state index >= 15 is 0 Å². The van der Waals surface area contributed by atoms with Crippen LogP contribution in [0.4, 0.5) is 16.2 Å². The highest BCUT2D eigenvalue weighted by Gasteiger charge is 2.31. The molecule has 2 rings (SSSR count). The lowest BCUT2D eigenvalue weighted by Crippen LogP contribution is -2.36. The summed E-state index contributed by atoms with van der Waals surface area (Å²) in [5.41, 5.74) is -0.837. The van der Waals surface area contributed by atoms with E-state index in [-0.39, 0.29) is 16.6 Å². The van der Waals surface area contributed by atoms with Crippen LogP contribution in [0.5, 0.6) is 0 Å². The number of likely N-dealkylation sites (tertiary alicyclic amines) is 1. The summed E-state index contributed by atoms with van der Waals surface area (Å²) in [5, 5.41) is 19.3. The number of nitrogens with zero attached hydrogens (tertiary/aromatic N) is 2. The van der Waals surface area contributed by atoms with E-state index in [0.29, 0.717) is 19.5 Å². The van der Waals surface area contributed by atoms with Gasteiger partial charge in [0.15, 0.2) is 0 Å². The summed E-state index contributed by atoms with van der Waals surface area (Å²) < 4.78 is 28.1. The van der Waals surface area contributed by atoms with Crippen LogP contribution in [0, 0.1) is 10.1 Å². The second-order valence-electron chi connectivity index (χ2n) is 7.04. The molecule has 1 atom stereocenters. The fourth-order valence-corrected chi connectivity index (χ4v) is 3.09. The van der Waals surface area contributed by atoms with Gasteiger partial charge in [-0.05, 0) is 39.3 Å². The van der Waals surface area contributed by atoms with Gasteiger partial charge in [-0.1, -0.05) is 0 Å². The lowest BCUT2D eigenvalue weighted by molar-refractivity contribution is -0.384. The Hall–Kier alpha value is -2.40. The summed E-state index contributed by atoms with van der Waals surface area (Å²) in [5.74, 6) is 0. The largest absolute Gasteiger partial charge is 0.444 e. The Kier molecular flexibility index (Phi) is 5.42. The van der Waals surface area contributed by atoms with Gasteiger partial charge in [0.05, 0.1) is 9.82 Å². The lowest BCUT2D eigenvalue weighted by atomic mass is 10.2. The quantitative estimate of drug-likeness (QED) is 0.591. The fraction of sp³-hybridized carbons (Fsp3) is 0.533. The number of nitro groups is 1. The molecule has 3 N–H and O–H groups in total. The number of hydrogen-bond donors (Lipinski definition) is 2. The second-order valence-corrected chi connectivity index (χ2v) is 8.60. The van der Waals surface area contributed by atoms with Gasteiger partial charge in [0.25, 0.3) is 5.69 Å². The molecular weight excluding hydrogens is 364 g/mol. The molecule has 1 fully saturated rings. The molecule has 0 aliphatic carbocycles. The van der Waals surface area contributed by atoms with Gasteiger partial charge in [0.1, 0.15) is 11.3 Å². The number of carbonyl (C=O) groups is 1. The first-order valence-corrected chi connectivity index (χ1v) is 9.47. The fourth-order valence-electron chi connectivity index (χ4n) is 2.55. The highest BCUT2D eigenvalue weighted by molar-refractivity contribution is 7.89. The summed E-state index contributed by atoms with van der Waals surface area (Å²) in [7, 11) is -4.04. The molecule has 1 aliphatic heterocycles. The van der Waals surface area contributed by atoms with E-state index < -0.39 is 32.3 Å². The van der Waals surface area contributed by atoms with Gasteiger partial charge in [0.2, 0.25) is 10.0 Å². The van der Waals surface area contributed by atoms with Crippen LogP contribution in [0.25, 0.3) is 0 Å². The lowest BCUT2D eigenvalue weighted by Gasteiger charge is -2.24. The number of carbonyl (C=O) groups excluding carboxylic acids is 1. The van der Waals surface area contributed by atoms with Crippen LogP contribution < -0.4 is 10.5 Å². The molecule has 1 saturated heterocycles. The minimum absolute atomic E-state index is 0.165. The van der Waals surface area contributed by atoms with Gasteiger partial charge < -0.3 is 15.0 Å². The Morgan fingerprint density at radius 3 is 2.62 bits per heavy atom. The average molecular weight is 386 g/mol. The van der Waals surface area contributed by atoms with Crippen molar-refractivity contribution < 1.29 is 22.9 Å². The van der Waals surface area contributed by atoms with Gasteiger partial charge in [-0.2, -0.15) is 0 Å². The number of primary sulfonamides is 1. The molecule has 0 unspecified atom stereocenters. The predicted molar refractivity (Wildman–Crippen MR) is 94.3 cm³/mol. The Balaban J connectivity index is 2.12. The summed E-state index contributed by atoms with van der Waals surface area (Å²) >= 11 is 0. The van der Waals surface area contributed by atoms with E-state index in [9.17, 15) is 23.3 Å². The van der Waals surface area contributed by atoms with Crippen molar-refractivity contribution in [2.24, 2.45) is 5.14 Å². The standard InChI is InChI=1S/C15H22N4O6S/c1-15(2,3)25-14(20)18-7-6-10(9-18)17-12-5-4-11(26(16,23)24)8-13(12)19(21)22/h4-5,8,10,17H,6-7,9H2,1-3H3,(H2,16,23,24)/t10-/m1/s1. The normalized spacial score (nSPS) is 17.8. The zero-order valence-electron chi connectivity index (χ0n) is 14.8. The number of sulfonamides is 1. The summed E-state index contributed by atoms with van der Waals surface area (Å²) in [6.07, 6.45) is 0.133. The number of amides is 1. The van der Waals surface area contributed by atoms with E-state index in [0.717, 1.165) is 6.07 Å². The number of benzene rings is 1. The van der Waals surface area contributed by atoms with E-state index in [4.69, 9.17) is 9.88 Å². The minimum atomic E-state index is -4.04. The number of nitrogens with two attached hydrogens (primary N) is 1. The van der Waals surface area contributed by atoms with E-state index in [2.05, 4.69) is 5.32 Å². The van der Waals surface area contributed by atoms with Crippen LogP contribution in [0.3, 0.4) is 0 Å². The van der Waals surface area contributed by atoms with Crippen LogP contribution in [-0.4, -0.2) is 49.1 Å². The molecule has 144 valence electrons. The van der Waals surface area contributed by atoms with Crippen molar-refractivity contribution in [3.8, 4) is 0 Å². The molecule has 0 spiro atoms. The van der Waals surface area contributed by atoms with Gasteiger partial charge in [-0.25, -0.2) is 18.4 Å². The number of ether oxygens (including phenoxy) is 1. The van der Waals surface area contributed by atoms with Gasteiger partial charge in [-0.15, -0.1) is 0 Å². The number of nitrogens with one attached hydrogen (secondary N) is 1. The molecule has 0 saturated carbocycles. The first-order chi connectivity index (χ1) is 11.9. The molecule has 11 heteroatoms. The summed E-state index contributed by atoms with van der Waals surface area (Å²) in [6.45, 7) is 6.09. The molecule has 1 aliphatic rings. The third kappa shape index (κ3) is 5.05. The smallest absolute Gasteiger partial charge is 0.410 e. The highest BCUT2D eigenvalue weighted by Crippen LogP contribution is 2.29. The molecule has 0 bridgehead atoms. The van der Waals surface area contributed by atoms with Crippen LogP contribution in [0.15, 0.2) is 23.1 Å². The Labute approximate surface area is 151 Å². The summed E-state index contributed by atoms with van der Waals surface area (Å²) in [4.78, 5) is 23.8. The van der Waals surface area contributed by atoms with E-state index in [1.807, 2.05) is 0 Å². The molecule has 1 aromatic carbocycles. The average Bonchev–Trinajstić information content (AvgIpc) is 2.93. The van der Waals surface area contributed by atoms with Gasteiger partial charge in [0, 0.05) is 25.2 Å². The highest BCUT2D eigenvalue weighted by atomic mass is 32.2. The predicted octanol–water partition coefficient (Wildman–Crippen LogP) is 1.66. The molecule has 1 heterocycles. The molecule has 0 radical (unpaired) electrons. The van der Waals surface area contributed by atoms with Crippen LogP contribution >= 0.6 is 0 Å². The maximum absolute atomic E-state index is 12.1. The molecule has 1 aromatic rings. The number of rotatable bonds is 4. The third-order valence-electron chi connectivity index (χ3n) is 3.69. The first kappa shape index (κ1) is 19.9. The van der Waals surface area contributed by atoms with Crippen LogP contribution in [0.2, 0.25) is 0 Å². The maximum atomic E-state index is 12.1. The van der Waals surface area contributed by atoms with Crippen molar-refractivity contribution in [2.75, 3.05) is 18.4 Å². The second kappa shape index (κ2) is 7.08. The zero-order chi connectivity index (χ0) is 19.7. The number of nitro benzene ring substituents is 1. The van der Waals surface area contributed by atoms with Gasteiger partial charge >= 0.3 is 6.09 Å². The molecular formula is C15H22N4O6S. The van der Waals surface area contributed by atoms with E-state index in [1.54, 1.807) is 20.8 Å². The zero-order valence-corrected chi connectivity index (χ0v) is 15.6. The van der Waals surface area contributed by atoms with Crippen molar-refractivity contribution in [3.05, 3.63) is 28.3 Å². The van der Waals surface area contributed by atoms with Crippen LogP contribution in [0.1, 0.15) is 27.2 Å². The number of hydrogen-bond acceptors (Lipinski definition) is 7. The van der Waals surface area contributed by atoms with Crippen molar-refractivity contribution in [1.29, 1.82) is 0 Å². The van der Waals surface area contributed by atoms with Crippen molar-refractivity contribution >= 4 is 27.5 Å². The Bertz CT molecular complexity index is 818. The molecule has 1 amide bonds. The maximum Gasteiger partial charge on any atom is 0.410 e. The molecule has 26 heavy (non-hydrogen) atoms. The Morgan fingerprint density at radius 1 is 1.42 bits per heavy atom. The SMILES string of the molecule is CC(C)(C)OC(=O)N1CC[C@@H](Nc2ccc(S(N)(=O)=O)cc2[N+](=O)[O-])C1. The van der Waals surface area contributed by atoms with Crippen molar-refractivity contribution in [1.82, 2.24) is 4.90 Å². The van der Waals surface area contributed by atoms with Crippen molar-refractivity contribution in [3.63, 3.8) is 0 Å². The summed E-state index contributed by atoms with van der Waals surface area (Å²) in [6, 6.07) is 3.19. The van der Waals surface area contributed by atoms with E-state index in [1.165, 1.54) is 17.0 Å². The topological polar surface area (TPSA) is 145 Å². The third-order valence-corrected chi connectivity index (χ3v) is 4.60. The monoisotopic (exact) mass is 386 g/mol. The van der Waals surface area contributed by atoms with Crippen molar-refractivity contribution in [2.45, 2.75) is 43.7 Å². The molecule has 10 nitrogen and oxygen atoms in total. The molecule has 0 aromatic heterocycles.